The quantitative estimate of drug-likeness (QED) is 0.273. The monoisotopic (exact) mass is 521 g/mol. The zero-order valence-corrected chi connectivity index (χ0v) is 19.7. The molecule has 9 heteroatoms. The zero-order valence-electron chi connectivity index (χ0n) is 17.4. The minimum Gasteiger partial charge on any atom is -0.379 e. The molecule has 0 aromatic heterocycles. The van der Waals surface area contributed by atoms with Gasteiger partial charge in [-0.15, -0.1) is 24.0 Å². The highest BCUT2D eigenvalue weighted by molar-refractivity contribution is 14.0. The SMILES string of the molecule is CN=C(NCC(Cc1ccc(F)cc1)C(N)=O)NCC(C)(C)N1CCOCC1.I. The Hall–Kier alpha value is -1.46. The van der Waals surface area contributed by atoms with Crippen LogP contribution >= 0.6 is 24.0 Å². The molecular weight excluding hydrogens is 488 g/mol. The number of guanidine groups is 1. The number of morpholine rings is 1. The lowest BCUT2D eigenvalue weighted by atomic mass is 9.98. The first-order valence-corrected chi connectivity index (χ1v) is 9.63. The van der Waals surface area contributed by atoms with Gasteiger partial charge in [-0.2, -0.15) is 0 Å². The number of hydrogen-bond acceptors (Lipinski definition) is 4. The second kappa shape index (κ2) is 12.3. The molecule has 1 saturated heterocycles. The Morgan fingerprint density at radius 3 is 2.45 bits per heavy atom. The molecule has 1 aliphatic rings. The van der Waals surface area contributed by atoms with Crippen LogP contribution in [0.5, 0.6) is 0 Å². The predicted molar refractivity (Wildman–Crippen MR) is 124 cm³/mol. The molecule has 1 aliphatic heterocycles. The second-order valence-corrected chi connectivity index (χ2v) is 7.65. The number of halogens is 2. The van der Waals surface area contributed by atoms with E-state index in [2.05, 4.69) is 34.4 Å². The van der Waals surface area contributed by atoms with E-state index in [1.807, 2.05) is 0 Å². The summed E-state index contributed by atoms with van der Waals surface area (Å²) in [5.74, 6) is -0.506. The van der Waals surface area contributed by atoms with Crippen molar-refractivity contribution >= 4 is 35.8 Å². The largest absolute Gasteiger partial charge is 0.379 e. The van der Waals surface area contributed by atoms with Gasteiger partial charge in [-0.25, -0.2) is 4.39 Å². The standard InChI is InChI=1S/C20H32FN5O2.HI/c1-20(2,26-8-10-28-11-9-26)14-25-19(23-3)24-13-16(18(22)27)12-15-4-6-17(21)7-5-15;/h4-7,16H,8-14H2,1-3H3,(H2,22,27)(H2,23,24,25);1H. The van der Waals surface area contributed by atoms with Crippen LogP contribution in [-0.4, -0.2) is 68.7 Å². The number of ether oxygens (including phenoxy) is 1. The Labute approximate surface area is 189 Å². The van der Waals surface area contributed by atoms with Crippen LogP contribution in [0, 0.1) is 11.7 Å². The maximum absolute atomic E-state index is 13.1. The minimum atomic E-state index is -0.420. The van der Waals surface area contributed by atoms with Crippen molar-refractivity contribution in [3.8, 4) is 0 Å². The van der Waals surface area contributed by atoms with Gasteiger partial charge < -0.3 is 21.1 Å². The van der Waals surface area contributed by atoms with Gasteiger partial charge >= 0.3 is 0 Å². The topological polar surface area (TPSA) is 92.0 Å². The third-order valence-corrected chi connectivity index (χ3v) is 5.09. The van der Waals surface area contributed by atoms with E-state index in [4.69, 9.17) is 10.5 Å². The molecular formula is C20H33FIN5O2. The Morgan fingerprint density at radius 2 is 1.90 bits per heavy atom. The maximum Gasteiger partial charge on any atom is 0.222 e. The molecule has 0 bridgehead atoms. The molecule has 0 saturated carbocycles. The number of nitrogens with two attached hydrogens (primary N) is 1. The normalized spacial score (nSPS) is 16.6. The molecule has 0 spiro atoms. The lowest BCUT2D eigenvalue weighted by Gasteiger charge is -2.41. The summed E-state index contributed by atoms with van der Waals surface area (Å²) in [6, 6.07) is 6.11. The third kappa shape index (κ3) is 8.43. The Balaban J connectivity index is 0.00000420. The number of benzene rings is 1. The van der Waals surface area contributed by atoms with E-state index >= 15 is 0 Å². The smallest absolute Gasteiger partial charge is 0.222 e. The first-order chi connectivity index (χ1) is 13.3. The maximum atomic E-state index is 13.1. The molecule has 1 aromatic rings. The van der Waals surface area contributed by atoms with Gasteiger partial charge in [0.25, 0.3) is 0 Å². The van der Waals surface area contributed by atoms with Crippen LogP contribution in [0.3, 0.4) is 0 Å². The predicted octanol–water partition coefficient (Wildman–Crippen LogP) is 1.36. The number of aliphatic imine (C=N–C) groups is 1. The summed E-state index contributed by atoms with van der Waals surface area (Å²) in [7, 11) is 1.69. The molecule has 0 aliphatic carbocycles. The fourth-order valence-electron chi connectivity index (χ4n) is 3.20. The van der Waals surface area contributed by atoms with E-state index in [1.165, 1.54) is 12.1 Å². The average molecular weight is 521 g/mol. The van der Waals surface area contributed by atoms with Crippen molar-refractivity contribution < 1.29 is 13.9 Å². The van der Waals surface area contributed by atoms with Gasteiger partial charge in [0.05, 0.1) is 19.1 Å². The fraction of sp³-hybridized carbons (Fsp3) is 0.600. The van der Waals surface area contributed by atoms with Gasteiger partial charge in [0, 0.05) is 38.8 Å². The summed E-state index contributed by atoms with van der Waals surface area (Å²) in [6.07, 6.45) is 0.443. The lowest BCUT2D eigenvalue weighted by molar-refractivity contribution is -0.121. The first kappa shape index (κ1) is 25.6. The Morgan fingerprint density at radius 1 is 1.28 bits per heavy atom. The summed E-state index contributed by atoms with van der Waals surface area (Å²) in [5.41, 5.74) is 6.36. The number of amides is 1. The molecule has 1 unspecified atom stereocenters. The highest BCUT2D eigenvalue weighted by atomic mass is 127. The molecule has 29 heavy (non-hydrogen) atoms. The molecule has 1 aromatic carbocycles. The molecule has 1 fully saturated rings. The molecule has 1 heterocycles. The number of carbonyl (C=O) groups is 1. The lowest BCUT2D eigenvalue weighted by Crippen LogP contribution is -2.56. The van der Waals surface area contributed by atoms with Crippen molar-refractivity contribution in [1.82, 2.24) is 15.5 Å². The van der Waals surface area contributed by atoms with E-state index in [0.717, 1.165) is 31.9 Å². The van der Waals surface area contributed by atoms with Gasteiger partial charge in [-0.05, 0) is 38.0 Å². The van der Waals surface area contributed by atoms with E-state index in [9.17, 15) is 9.18 Å². The fourth-order valence-corrected chi connectivity index (χ4v) is 3.20. The highest BCUT2D eigenvalue weighted by Crippen LogP contribution is 2.15. The molecule has 7 nitrogen and oxygen atoms in total. The van der Waals surface area contributed by atoms with Crippen molar-refractivity contribution in [3.63, 3.8) is 0 Å². The number of nitrogens with zero attached hydrogens (tertiary/aromatic N) is 2. The van der Waals surface area contributed by atoms with E-state index < -0.39 is 11.8 Å². The van der Waals surface area contributed by atoms with Gasteiger partial charge in [-0.1, -0.05) is 12.1 Å². The summed E-state index contributed by atoms with van der Waals surface area (Å²) in [4.78, 5) is 18.4. The van der Waals surface area contributed by atoms with Crippen LogP contribution in [0.4, 0.5) is 4.39 Å². The second-order valence-electron chi connectivity index (χ2n) is 7.65. The van der Waals surface area contributed by atoms with Crippen molar-refractivity contribution in [2.45, 2.75) is 25.8 Å². The van der Waals surface area contributed by atoms with E-state index in [-0.39, 0.29) is 35.3 Å². The highest BCUT2D eigenvalue weighted by Gasteiger charge is 2.28. The van der Waals surface area contributed by atoms with Crippen molar-refractivity contribution in [2.24, 2.45) is 16.6 Å². The molecule has 1 amide bonds. The number of nitrogens with one attached hydrogen (secondary N) is 2. The van der Waals surface area contributed by atoms with Gasteiger partial charge in [-0.3, -0.25) is 14.7 Å². The molecule has 4 N–H and O–H groups in total. The first-order valence-electron chi connectivity index (χ1n) is 9.63. The van der Waals surface area contributed by atoms with Crippen molar-refractivity contribution in [1.29, 1.82) is 0 Å². The molecule has 1 atom stereocenters. The zero-order chi connectivity index (χ0) is 20.6. The summed E-state index contributed by atoms with van der Waals surface area (Å²) in [6.45, 7) is 8.72. The van der Waals surface area contributed by atoms with Crippen LogP contribution in [0.1, 0.15) is 19.4 Å². The number of hydrogen-bond donors (Lipinski definition) is 3. The Kier molecular flexibility index (Phi) is 10.8. The minimum absolute atomic E-state index is 0. The van der Waals surface area contributed by atoms with Crippen molar-refractivity contribution in [3.05, 3.63) is 35.6 Å². The van der Waals surface area contributed by atoms with Crippen LogP contribution in [0.25, 0.3) is 0 Å². The van der Waals surface area contributed by atoms with Gasteiger partial charge in [0.2, 0.25) is 5.91 Å². The summed E-state index contributed by atoms with van der Waals surface area (Å²) in [5, 5.41) is 6.51. The van der Waals surface area contributed by atoms with E-state index in [1.54, 1.807) is 19.2 Å². The van der Waals surface area contributed by atoms with Crippen LogP contribution in [-0.2, 0) is 16.0 Å². The van der Waals surface area contributed by atoms with Crippen LogP contribution in [0.15, 0.2) is 29.3 Å². The summed E-state index contributed by atoms with van der Waals surface area (Å²) >= 11 is 0. The van der Waals surface area contributed by atoms with Gasteiger partial charge in [0.1, 0.15) is 5.82 Å². The molecule has 2 rings (SSSR count). The van der Waals surface area contributed by atoms with Crippen LogP contribution < -0.4 is 16.4 Å². The molecule has 164 valence electrons. The van der Waals surface area contributed by atoms with E-state index in [0.29, 0.717) is 25.5 Å². The van der Waals surface area contributed by atoms with Crippen LogP contribution in [0.2, 0.25) is 0 Å². The van der Waals surface area contributed by atoms with Crippen molar-refractivity contribution in [2.75, 3.05) is 46.4 Å². The number of primary amides is 1. The number of carbonyl (C=O) groups excluding carboxylic acids is 1. The average Bonchev–Trinajstić information content (AvgIpc) is 2.69. The summed E-state index contributed by atoms with van der Waals surface area (Å²) < 4.78 is 18.5. The Bertz CT molecular complexity index is 663. The molecule has 0 radical (unpaired) electrons. The number of rotatable bonds is 8. The third-order valence-electron chi connectivity index (χ3n) is 5.09. The van der Waals surface area contributed by atoms with Gasteiger partial charge in [0.15, 0.2) is 5.96 Å².